The first-order valence-electron chi connectivity index (χ1n) is 9.88. The molecule has 0 spiro atoms. The average molecular weight is 500 g/mol. The topological polar surface area (TPSA) is 142 Å². The van der Waals surface area contributed by atoms with E-state index in [1.165, 1.54) is 18.2 Å². The third kappa shape index (κ3) is 5.51. The monoisotopic (exact) mass is 500 g/mol. The van der Waals surface area contributed by atoms with E-state index in [-0.39, 0.29) is 42.1 Å². The summed E-state index contributed by atoms with van der Waals surface area (Å²) >= 11 is 0. The second-order valence-corrected chi connectivity index (χ2v) is 9.35. The fraction of sp³-hybridized carbons (Fsp3) is 0.300. The van der Waals surface area contributed by atoms with Crippen molar-refractivity contribution in [2.75, 3.05) is 18.5 Å². The molecule has 34 heavy (non-hydrogen) atoms. The third-order valence-corrected chi connectivity index (χ3v) is 7.16. The fourth-order valence-electron chi connectivity index (χ4n) is 3.45. The SMILES string of the molecule is O=C(O)C1CCN(S(=O)(=O)c2ccc(NN=Cc3ccccc3C(F)(F)F)c([N+](=O)[O-])c2)CC1. The van der Waals surface area contributed by atoms with Crippen molar-refractivity contribution >= 4 is 33.6 Å². The van der Waals surface area contributed by atoms with E-state index in [2.05, 4.69) is 10.5 Å². The van der Waals surface area contributed by atoms with E-state index in [1.807, 2.05) is 0 Å². The van der Waals surface area contributed by atoms with Gasteiger partial charge < -0.3 is 5.11 Å². The number of carbonyl (C=O) groups is 1. The van der Waals surface area contributed by atoms with Gasteiger partial charge in [0.25, 0.3) is 5.69 Å². The van der Waals surface area contributed by atoms with Crippen LogP contribution in [0, 0.1) is 16.0 Å². The Bertz CT molecular complexity index is 1230. The maximum absolute atomic E-state index is 13.1. The van der Waals surface area contributed by atoms with Crippen molar-refractivity contribution in [1.29, 1.82) is 0 Å². The van der Waals surface area contributed by atoms with Gasteiger partial charge in [0.2, 0.25) is 10.0 Å². The first-order valence-corrected chi connectivity index (χ1v) is 11.3. The number of aliphatic carboxylic acids is 1. The standard InChI is InChI=1S/C20H19F3N4O6S/c21-20(22,23)16-4-2-1-3-14(16)12-24-25-17-6-5-15(11-18(17)27(30)31)34(32,33)26-9-7-13(8-10-26)19(28)29/h1-6,11-13,25H,7-10H2,(H,28,29). The minimum Gasteiger partial charge on any atom is -0.481 e. The van der Waals surface area contributed by atoms with Crippen LogP contribution in [0.1, 0.15) is 24.0 Å². The van der Waals surface area contributed by atoms with Crippen molar-refractivity contribution in [2.45, 2.75) is 23.9 Å². The summed E-state index contributed by atoms with van der Waals surface area (Å²) in [7, 11) is -4.12. The molecule has 0 amide bonds. The van der Waals surface area contributed by atoms with Gasteiger partial charge in [-0.15, -0.1) is 0 Å². The van der Waals surface area contributed by atoms with E-state index >= 15 is 0 Å². The number of nitrogens with zero attached hydrogens (tertiary/aromatic N) is 3. The lowest BCUT2D eigenvalue weighted by molar-refractivity contribution is -0.384. The van der Waals surface area contributed by atoms with Crippen LogP contribution < -0.4 is 5.43 Å². The minimum absolute atomic E-state index is 0.0456. The molecule has 1 aliphatic heterocycles. The Kier molecular flexibility index (Phi) is 7.21. The van der Waals surface area contributed by atoms with E-state index in [9.17, 15) is 36.5 Å². The first kappa shape index (κ1) is 25.1. The lowest BCUT2D eigenvalue weighted by atomic mass is 9.99. The third-order valence-electron chi connectivity index (χ3n) is 5.26. The molecule has 0 saturated carbocycles. The lowest BCUT2D eigenvalue weighted by Crippen LogP contribution is -2.40. The van der Waals surface area contributed by atoms with Crippen molar-refractivity contribution in [2.24, 2.45) is 11.0 Å². The Hall–Kier alpha value is -3.52. The smallest absolute Gasteiger partial charge is 0.417 e. The molecule has 1 fully saturated rings. The second-order valence-electron chi connectivity index (χ2n) is 7.41. The van der Waals surface area contributed by atoms with Crippen molar-refractivity contribution in [3.63, 3.8) is 0 Å². The fourth-order valence-corrected chi connectivity index (χ4v) is 4.94. The molecule has 0 aliphatic carbocycles. The lowest BCUT2D eigenvalue weighted by Gasteiger charge is -2.29. The van der Waals surface area contributed by atoms with Crippen LogP contribution in [0.2, 0.25) is 0 Å². The number of rotatable bonds is 7. The predicted molar refractivity (Wildman–Crippen MR) is 115 cm³/mol. The molecule has 0 radical (unpaired) electrons. The number of hydrogen-bond donors (Lipinski definition) is 2. The number of nitro benzene ring substituents is 1. The summed E-state index contributed by atoms with van der Waals surface area (Å²) < 4.78 is 66.1. The highest BCUT2D eigenvalue weighted by Crippen LogP contribution is 2.32. The Morgan fingerprint density at radius 1 is 1.21 bits per heavy atom. The largest absolute Gasteiger partial charge is 0.481 e. The van der Waals surface area contributed by atoms with Gasteiger partial charge in [-0.3, -0.25) is 20.3 Å². The molecule has 1 aliphatic rings. The van der Waals surface area contributed by atoms with Crippen LogP contribution in [0.4, 0.5) is 24.5 Å². The van der Waals surface area contributed by atoms with Gasteiger partial charge in [-0.1, -0.05) is 18.2 Å². The molecular weight excluding hydrogens is 481 g/mol. The first-order chi connectivity index (χ1) is 15.9. The molecular formula is C20H19F3N4O6S. The predicted octanol–water partition coefficient (Wildman–Crippen LogP) is 3.54. The zero-order valence-corrected chi connectivity index (χ0v) is 18.2. The summed E-state index contributed by atoms with van der Waals surface area (Å²) in [5.74, 6) is -1.67. The Morgan fingerprint density at radius 3 is 2.44 bits per heavy atom. The maximum Gasteiger partial charge on any atom is 0.417 e. The van der Waals surface area contributed by atoms with Gasteiger partial charge in [0.1, 0.15) is 5.69 Å². The summed E-state index contributed by atoms with van der Waals surface area (Å²) in [5, 5.41) is 24.2. The zero-order valence-electron chi connectivity index (χ0n) is 17.4. The number of nitro groups is 1. The number of sulfonamides is 1. The summed E-state index contributed by atoms with van der Waals surface area (Å²) in [5.41, 5.74) is 0.196. The quantitative estimate of drug-likeness (QED) is 0.336. The molecule has 182 valence electrons. The average Bonchev–Trinajstić information content (AvgIpc) is 2.78. The number of halogens is 3. The number of carboxylic acids is 1. The molecule has 1 heterocycles. The van der Waals surface area contributed by atoms with E-state index in [0.717, 1.165) is 34.8 Å². The van der Waals surface area contributed by atoms with E-state index in [4.69, 9.17) is 5.11 Å². The highest BCUT2D eigenvalue weighted by molar-refractivity contribution is 7.89. The number of carboxylic acid groups (broad SMARTS) is 1. The molecule has 3 rings (SSSR count). The zero-order chi connectivity index (χ0) is 25.1. The molecule has 2 N–H and O–H groups in total. The number of piperidine rings is 1. The summed E-state index contributed by atoms with van der Waals surface area (Å²) in [6, 6.07) is 7.63. The number of nitrogens with one attached hydrogen (secondary N) is 1. The highest BCUT2D eigenvalue weighted by atomic mass is 32.2. The molecule has 0 unspecified atom stereocenters. The van der Waals surface area contributed by atoms with Crippen LogP contribution in [0.15, 0.2) is 52.5 Å². The summed E-state index contributed by atoms with van der Waals surface area (Å²) in [4.78, 5) is 21.3. The van der Waals surface area contributed by atoms with E-state index in [1.54, 1.807) is 0 Å². The van der Waals surface area contributed by atoms with Gasteiger partial charge >= 0.3 is 12.1 Å². The highest BCUT2D eigenvalue weighted by Gasteiger charge is 2.34. The Labute approximate surface area is 191 Å². The van der Waals surface area contributed by atoms with Crippen LogP contribution in [0.3, 0.4) is 0 Å². The van der Waals surface area contributed by atoms with Crippen LogP contribution in [0.25, 0.3) is 0 Å². The molecule has 2 aromatic rings. The second kappa shape index (κ2) is 9.77. The van der Waals surface area contributed by atoms with Crippen molar-refractivity contribution in [3.05, 3.63) is 63.7 Å². The molecule has 14 heteroatoms. The molecule has 10 nitrogen and oxygen atoms in total. The molecule has 0 atom stereocenters. The van der Waals surface area contributed by atoms with Gasteiger partial charge in [-0.05, 0) is 31.0 Å². The Morgan fingerprint density at radius 2 is 1.85 bits per heavy atom. The Balaban J connectivity index is 1.82. The molecule has 1 saturated heterocycles. The van der Waals surface area contributed by atoms with Crippen molar-refractivity contribution in [3.8, 4) is 0 Å². The van der Waals surface area contributed by atoms with Crippen molar-refractivity contribution in [1.82, 2.24) is 4.31 Å². The summed E-state index contributed by atoms with van der Waals surface area (Å²) in [6.07, 6.45) is -3.54. The molecule has 2 aromatic carbocycles. The number of hydrazone groups is 1. The summed E-state index contributed by atoms with van der Waals surface area (Å²) in [6.45, 7) is -0.0913. The minimum atomic E-state index is -4.62. The van der Waals surface area contributed by atoms with Crippen LogP contribution in [-0.2, 0) is 21.0 Å². The van der Waals surface area contributed by atoms with Crippen LogP contribution >= 0.6 is 0 Å². The van der Waals surface area contributed by atoms with Crippen LogP contribution in [-0.4, -0.2) is 48.0 Å². The molecule has 0 bridgehead atoms. The normalized spacial score (nSPS) is 16.0. The number of benzene rings is 2. The van der Waals surface area contributed by atoms with E-state index < -0.39 is 44.3 Å². The van der Waals surface area contributed by atoms with Crippen molar-refractivity contribution < 1.29 is 36.4 Å². The van der Waals surface area contributed by atoms with Gasteiger partial charge in [0.05, 0.1) is 27.5 Å². The van der Waals surface area contributed by atoms with Crippen LogP contribution in [0.5, 0.6) is 0 Å². The van der Waals surface area contributed by atoms with E-state index in [0.29, 0.717) is 0 Å². The number of hydrogen-bond acceptors (Lipinski definition) is 7. The number of anilines is 1. The van der Waals surface area contributed by atoms with Gasteiger partial charge in [-0.25, -0.2) is 8.42 Å². The van der Waals surface area contributed by atoms with Gasteiger partial charge in [0, 0.05) is 24.7 Å². The molecule has 0 aromatic heterocycles. The maximum atomic E-state index is 13.1. The van der Waals surface area contributed by atoms with Gasteiger partial charge in [0.15, 0.2) is 0 Å². The number of alkyl halides is 3. The van der Waals surface area contributed by atoms with Gasteiger partial charge in [-0.2, -0.15) is 22.6 Å².